The van der Waals surface area contributed by atoms with E-state index in [1.165, 1.54) is 45.1 Å². The summed E-state index contributed by atoms with van der Waals surface area (Å²) in [4.78, 5) is 0. The van der Waals surface area contributed by atoms with Gasteiger partial charge in [0, 0.05) is 12.6 Å². The summed E-state index contributed by atoms with van der Waals surface area (Å²) >= 11 is 0. The third-order valence-electron chi connectivity index (χ3n) is 4.25. The van der Waals surface area contributed by atoms with E-state index in [-0.39, 0.29) is 0 Å². The fourth-order valence-electron chi connectivity index (χ4n) is 2.39. The summed E-state index contributed by atoms with van der Waals surface area (Å²) in [5.74, 6) is 0.872. The zero-order valence-electron chi connectivity index (χ0n) is 11.1. The summed E-state index contributed by atoms with van der Waals surface area (Å²) in [7, 11) is 0. The van der Waals surface area contributed by atoms with Crippen LogP contribution in [0.25, 0.3) is 0 Å². The summed E-state index contributed by atoms with van der Waals surface area (Å²) in [5.41, 5.74) is 0.628. The molecule has 0 bridgehead atoms. The van der Waals surface area contributed by atoms with Gasteiger partial charge in [0.1, 0.15) is 0 Å². The molecule has 0 aliphatic heterocycles. The number of hydrogen-bond donors (Lipinski definition) is 1. The molecule has 0 spiro atoms. The first-order valence-corrected chi connectivity index (χ1v) is 6.83. The zero-order valence-corrected chi connectivity index (χ0v) is 11.1. The van der Waals surface area contributed by atoms with Crippen LogP contribution < -0.4 is 5.32 Å². The van der Waals surface area contributed by atoms with Crippen LogP contribution in [0.2, 0.25) is 0 Å². The second-order valence-electron chi connectivity index (χ2n) is 5.90. The van der Waals surface area contributed by atoms with E-state index in [1.54, 1.807) is 0 Å². The highest BCUT2D eigenvalue weighted by molar-refractivity contribution is 4.86. The minimum atomic E-state index is 0.628. The molecule has 1 nitrogen and oxygen atoms in total. The van der Waals surface area contributed by atoms with Gasteiger partial charge < -0.3 is 5.32 Å². The van der Waals surface area contributed by atoms with Gasteiger partial charge in [-0.2, -0.15) is 0 Å². The summed E-state index contributed by atoms with van der Waals surface area (Å²) in [5, 5.41) is 3.78. The highest BCUT2D eigenvalue weighted by atomic mass is 14.9. The Bertz CT molecular complexity index is 172. The van der Waals surface area contributed by atoms with Gasteiger partial charge >= 0.3 is 0 Å². The van der Waals surface area contributed by atoms with Crippen molar-refractivity contribution in [1.29, 1.82) is 0 Å². The normalized spacial score (nSPS) is 23.2. The van der Waals surface area contributed by atoms with Gasteiger partial charge in [-0.3, -0.25) is 0 Å². The van der Waals surface area contributed by atoms with Crippen LogP contribution in [0.3, 0.4) is 0 Å². The SMILES string of the molecule is CCC(C)CC(CC)NCC1(C)CCC1. The van der Waals surface area contributed by atoms with Gasteiger partial charge in [0.05, 0.1) is 0 Å². The number of rotatable bonds is 7. The third kappa shape index (κ3) is 4.14. The van der Waals surface area contributed by atoms with Gasteiger partial charge in [-0.1, -0.05) is 40.5 Å². The fourth-order valence-corrected chi connectivity index (χ4v) is 2.39. The molecular weight excluding hydrogens is 182 g/mol. The van der Waals surface area contributed by atoms with Crippen LogP contribution in [0.15, 0.2) is 0 Å². The maximum absolute atomic E-state index is 3.78. The molecule has 2 unspecified atom stereocenters. The van der Waals surface area contributed by atoms with Crippen molar-refractivity contribution < 1.29 is 0 Å². The molecule has 0 saturated heterocycles. The summed E-state index contributed by atoms with van der Waals surface area (Å²) in [6.07, 6.45) is 8.25. The fraction of sp³-hybridized carbons (Fsp3) is 1.00. The first-order valence-electron chi connectivity index (χ1n) is 6.83. The van der Waals surface area contributed by atoms with E-state index in [2.05, 4.69) is 33.0 Å². The van der Waals surface area contributed by atoms with Crippen molar-refractivity contribution in [3.05, 3.63) is 0 Å². The van der Waals surface area contributed by atoms with Crippen LogP contribution in [0.1, 0.15) is 66.2 Å². The highest BCUT2D eigenvalue weighted by Gasteiger charge is 2.31. The lowest BCUT2D eigenvalue weighted by Crippen LogP contribution is -2.42. The molecule has 1 saturated carbocycles. The smallest absolute Gasteiger partial charge is 0.00672 e. The van der Waals surface area contributed by atoms with Gasteiger partial charge in [-0.15, -0.1) is 0 Å². The van der Waals surface area contributed by atoms with Gasteiger partial charge in [0.25, 0.3) is 0 Å². The minimum absolute atomic E-state index is 0.628. The topological polar surface area (TPSA) is 12.0 Å². The van der Waals surface area contributed by atoms with Crippen LogP contribution in [0.5, 0.6) is 0 Å². The first kappa shape index (κ1) is 13.0. The van der Waals surface area contributed by atoms with Crippen molar-refractivity contribution in [3.8, 4) is 0 Å². The number of hydrogen-bond acceptors (Lipinski definition) is 1. The number of nitrogens with one attached hydrogen (secondary N) is 1. The molecular formula is C14H29N. The molecule has 0 amide bonds. The van der Waals surface area contributed by atoms with E-state index in [0.29, 0.717) is 5.41 Å². The van der Waals surface area contributed by atoms with Crippen LogP contribution >= 0.6 is 0 Å². The van der Waals surface area contributed by atoms with Crippen molar-refractivity contribution in [2.75, 3.05) is 6.54 Å². The van der Waals surface area contributed by atoms with Crippen molar-refractivity contribution in [1.82, 2.24) is 5.32 Å². The molecule has 1 rings (SSSR count). The zero-order chi connectivity index (χ0) is 11.3. The summed E-state index contributed by atoms with van der Waals surface area (Å²) in [6.45, 7) is 10.6. The van der Waals surface area contributed by atoms with Gasteiger partial charge in [-0.05, 0) is 37.0 Å². The molecule has 90 valence electrons. The summed E-state index contributed by atoms with van der Waals surface area (Å²) < 4.78 is 0. The highest BCUT2D eigenvalue weighted by Crippen LogP contribution is 2.39. The van der Waals surface area contributed by atoms with Gasteiger partial charge in [0.15, 0.2) is 0 Å². The lowest BCUT2D eigenvalue weighted by Gasteiger charge is -2.40. The van der Waals surface area contributed by atoms with Gasteiger partial charge in [-0.25, -0.2) is 0 Å². The first-order chi connectivity index (χ1) is 7.09. The molecule has 2 atom stereocenters. The van der Waals surface area contributed by atoms with E-state index >= 15 is 0 Å². The molecule has 1 aliphatic carbocycles. The van der Waals surface area contributed by atoms with Gasteiger partial charge in [0.2, 0.25) is 0 Å². The maximum atomic E-state index is 3.78. The van der Waals surface area contributed by atoms with Crippen molar-refractivity contribution in [2.24, 2.45) is 11.3 Å². The second-order valence-corrected chi connectivity index (χ2v) is 5.90. The Morgan fingerprint density at radius 3 is 2.27 bits per heavy atom. The standard InChI is InChI=1S/C14H29N/c1-5-12(3)10-13(6-2)15-11-14(4)8-7-9-14/h12-13,15H,5-11H2,1-4H3. The monoisotopic (exact) mass is 211 g/mol. The van der Waals surface area contributed by atoms with Crippen LogP contribution in [0, 0.1) is 11.3 Å². The Kier molecular flexibility index (Phi) is 5.11. The van der Waals surface area contributed by atoms with Crippen molar-refractivity contribution >= 4 is 0 Å². The molecule has 1 aliphatic rings. The molecule has 0 aromatic rings. The lowest BCUT2D eigenvalue weighted by molar-refractivity contribution is 0.147. The van der Waals surface area contributed by atoms with E-state index in [0.717, 1.165) is 12.0 Å². The molecule has 1 N–H and O–H groups in total. The Labute approximate surface area is 96.0 Å². The Morgan fingerprint density at radius 2 is 1.87 bits per heavy atom. The largest absolute Gasteiger partial charge is 0.313 e. The molecule has 15 heavy (non-hydrogen) atoms. The second kappa shape index (κ2) is 5.89. The molecule has 0 aromatic heterocycles. The van der Waals surface area contributed by atoms with E-state index in [9.17, 15) is 0 Å². The average Bonchev–Trinajstić information content (AvgIpc) is 2.21. The van der Waals surface area contributed by atoms with E-state index in [1.807, 2.05) is 0 Å². The quantitative estimate of drug-likeness (QED) is 0.671. The predicted molar refractivity (Wildman–Crippen MR) is 68.1 cm³/mol. The van der Waals surface area contributed by atoms with Crippen LogP contribution in [-0.2, 0) is 0 Å². The Balaban J connectivity index is 2.21. The molecule has 0 aromatic carbocycles. The Morgan fingerprint density at radius 1 is 1.20 bits per heavy atom. The molecule has 0 heterocycles. The van der Waals surface area contributed by atoms with Crippen molar-refractivity contribution in [2.45, 2.75) is 72.3 Å². The third-order valence-corrected chi connectivity index (χ3v) is 4.25. The van der Waals surface area contributed by atoms with Crippen LogP contribution in [0.4, 0.5) is 0 Å². The van der Waals surface area contributed by atoms with E-state index in [4.69, 9.17) is 0 Å². The predicted octanol–water partition coefficient (Wildman–Crippen LogP) is 3.98. The average molecular weight is 211 g/mol. The molecule has 1 heteroatoms. The summed E-state index contributed by atoms with van der Waals surface area (Å²) in [6, 6.07) is 0.748. The minimum Gasteiger partial charge on any atom is -0.313 e. The van der Waals surface area contributed by atoms with E-state index < -0.39 is 0 Å². The van der Waals surface area contributed by atoms with Crippen LogP contribution in [-0.4, -0.2) is 12.6 Å². The lowest BCUT2D eigenvalue weighted by atomic mass is 9.70. The Hall–Kier alpha value is -0.0400. The van der Waals surface area contributed by atoms with Crippen molar-refractivity contribution in [3.63, 3.8) is 0 Å². The molecule has 0 radical (unpaired) electrons. The molecule has 1 fully saturated rings. The maximum Gasteiger partial charge on any atom is 0.00672 e.